The van der Waals surface area contributed by atoms with E-state index in [0.29, 0.717) is 0 Å². The number of methoxy groups -OCH3 is 2. The fraction of sp³-hybridized carbons (Fsp3) is 0.647. The first-order valence-electron chi connectivity index (χ1n) is 7.74. The number of rotatable bonds is 4. The lowest BCUT2D eigenvalue weighted by Crippen LogP contribution is -2.48. The smallest absolute Gasteiger partial charge is 0.133 e. The Balaban J connectivity index is 0.00000264. The van der Waals surface area contributed by atoms with E-state index in [9.17, 15) is 0 Å². The molecule has 1 atom stereocenters. The SMILES string of the molecule is COc1cc([C@H](N2CCNCC2)C(C)(C)C)c(OC)cc1Br.Cl.Cl. The minimum Gasteiger partial charge on any atom is -0.496 e. The van der Waals surface area contributed by atoms with Crippen molar-refractivity contribution >= 4 is 40.7 Å². The van der Waals surface area contributed by atoms with E-state index in [0.717, 1.165) is 42.2 Å². The third-order valence-electron chi connectivity index (χ3n) is 4.14. The van der Waals surface area contributed by atoms with E-state index in [-0.39, 0.29) is 36.3 Å². The van der Waals surface area contributed by atoms with Crippen LogP contribution in [0, 0.1) is 5.41 Å². The molecule has 1 N–H and O–H groups in total. The molecule has 0 amide bonds. The summed E-state index contributed by atoms with van der Waals surface area (Å²) in [6, 6.07) is 4.40. The van der Waals surface area contributed by atoms with Crippen LogP contribution in [0.5, 0.6) is 11.5 Å². The molecular weight excluding hydrogens is 415 g/mol. The first kappa shape index (κ1) is 23.8. The van der Waals surface area contributed by atoms with Crippen LogP contribution in [0.25, 0.3) is 0 Å². The molecule has 1 aromatic carbocycles. The van der Waals surface area contributed by atoms with Crippen molar-refractivity contribution in [2.75, 3.05) is 40.4 Å². The highest BCUT2D eigenvalue weighted by molar-refractivity contribution is 9.10. The van der Waals surface area contributed by atoms with Gasteiger partial charge in [0, 0.05) is 37.8 Å². The molecule has 0 aromatic heterocycles. The monoisotopic (exact) mass is 442 g/mol. The van der Waals surface area contributed by atoms with Gasteiger partial charge in [0.15, 0.2) is 0 Å². The van der Waals surface area contributed by atoms with E-state index < -0.39 is 0 Å². The van der Waals surface area contributed by atoms with Crippen molar-refractivity contribution in [1.82, 2.24) is 10.2 Å². The fourth-order valence-electron chi connectivity index (χ4n) is 3.25. The molecule has 1 saturated heterocycles. The highest BCUT2D eigenvalue weighted by atomic mass is 79.9. The summed E-state index contributed by atoms with van der Waals surface area (Å²) in [4.78, 5) is 2.54. The third-order valence-corrected chi connectivity index (χ3v) is 4.76. The summed E-state index contributed by atoms with van der Waals surface area (Å²) < 4.78 is 12.1. The maximum atomic E-state index is 5.66. The van der Waals surface area contributed by atoms with E-state index >= 15 is 0 Å². The Morgan fingerprint density at radius 3 is 2.04 bits per heavy atom. The van der Waals surface area contributed by atoms with Crippen molar-refractivity contribution in [2.24, 2.45) is 5.41 Å². The molecular formula is C17H29BrCl2N2O2. The summed E-state index contributed by atoms with van der Waals surface area (Å²) in [5.41, 5.74) is 1.29. The van der Waals surface area contributed by atoms with Gasteiger partial charge < -0.3 is 14.8 Å². The lowest BCUT2D eigenvalue weighted by molar-refractivity contribution is 0.0839. The molecule has 1 fully saturated rings. The maximum absolute atomic E-state index is 5.66. The normalized spacial score (nSPS) is 16.6. The summed E-state index contributed by atoms with van der Waals surface area (Å²) in [7, 11) is 3.43. The molecule has 4 nitrogen and oxygen atoms in total. The average Bonchev–Trinajstić information content (AvgIpc) is 2.48. The zero-order chi connectivity index (χ0) is 16.3. The summed E-state index contributed by atoms with van der Waals surface area (Å²) >= 11 is 3.55. The van der Waals surface area contributed by atoms with Crippen LogP contribution in [0.15, 0.2) is 16.6 Å². The number of ether oxygens (including phenoxy) is 2. The highest BCUT2D eigenvalue weighted by Gasteiger charge is 2.35. The van der Waals surface area contributed by atoms with E-state index in [2.05, 4.69) is 53.0 Å². The van der Waals surface area contributed by atoms with Gasteiger partial charge in [0.2, 0.25) is 0 Å². The van der Waals surface area contributed by atoms with Crippen molar-refractivity contribution in [1.29, 1.82) is 0 Å². The number of piperazine rings is 1. The minimum absolute atomic E-state index is 0. The molecule has 1 aromatic rings. The topological polar surface area (TPSA) is 33.7 Å². The second kappa shape index (κ2) is 10.1. The summed E-state index contributed by atoms with van der Waals surface area (Å²) in [6.45, 7) is 11.0. The molecule has 140 valence electrons. The molecule has 0 unspecified atom stereocenters. The van der Waals surface area contributed by atoms with Crippen molar-refractivity contribution in [2.45, 2.75) is 26.8 Å². The zero-order valence-electron chi connectivity index (χ0n) is 15.0. The number of nitrogens with one attached hydrogen (secondary N) is 1. The Morgan fingerprint density at radius 1 is 1.04 bits per heavy atom. The van der Waals surface area contributed by atoms with Crippen LogP contribution in [0.2, 0.25) is 0 Å². The number of halogens is 3. The molecule has 1 heterocycles. The van der Waals surface area contributed by atoms with Gasteiger partial charge >= 0.3 is 0 Å². The molecule has 0 aliphatic carbocycles. The van der Waals surface area contributed by atoms with Gasteiger partial charge in [-0.3, -0.25) is 4.90 Å². The standard InChI is InChI=1S/C17H27BrN2O2.2ClH/c1-17(2,3)16(20-8-6-19-7-9-20)12-10-15(22-5)13(18)11-14(12)21-4;;/h10-11,16,19H,6-9H2,1-5H3;2*1H/t16-;;/m0../s1. The maximum Gasteiger partial charge on any atom is 0.133 e. The van der Waals surface area contributed by atoms with Gasteiger partial charge in [0.25, 0.3) is 0 Å². The van der Waals surface area contributed by atoms with Crippen LogP contribution < -0.4 is 14.8 Å². The van der Waals surface area contributed by atoms with Crippen LogP contribution in [-0.2, 0) is 0 Å². The van der Waals surface area contributed by atoms with Crippen LogP contribution in [0.1, 0.15) is 32.4 Å². The molecule has 0 radical (unpaired) electrons. The predicted molar refractivity (Wildman–Crippen MR) is 108 cm³/mol. The second-order valence-corrected chi connectivity index (χ2v) is 7.64. The molecule has 0 saturated carbocycles. The summed E-state index contributed by atoms with van der Waals surface area (Å²) in [5.74, 6) is 1.76. The van der Waals surface area contributed by atoms with E-state index in [4.69, 9.17) is 9.47 Å². The first-order valence-corrected chi connectivity index (χ1v) is 8.54. The van der Waals surface area contributed by atoms with Crippen LogP contribution in [0.4, 0.5) is 0 Å². The van der Waals surface area contributed by atoms with E-state index in [1.54, 1.807) is 14.2 Å². The van der Waals surface area contributed by atoms with Crippen LogP contribution in [-0.4, -0.2) is 45.3 Å². The van der Waals surface area contributed by atoms with E-state index in [1.165, 1.54) is 5.56 Å². The van der Waals surface area contributed by atoms with Gasteiger partial charge in [-0.1, -0.05) is 20.8 Å². The quantitative estimate of drug-likeness (QED) is 0.751. The third kappa shape index (κ3) is 5.40. The number of nitrogens with zero attached hydrogens (tertiary/aromatic N) is 1. The minimum atomic E-state index is 0. The van der Waals surface area contributed by atoms with Crippen molar-refractivity contribution in [3.63, 3.8) is 0 Å². The molecule has 1 aliphatic rings. The molecule has 2 rings (SSSR count). The first-order chi connectivity index (χ1) is 10.4. The lowest BCUT2D eigenvalue weighted by Gasteiger charge is -2.43. The van der Waals surface area contributed by atoms with Crippen LogP contribution in [0.3, 0.4) is 0 Å². The zero-order valence-corrected chi connectivity index (χ0v) is 18.2. The Bertz CT molecular complexity index is 518. The molecule has 1 aliphatic heterocycles. The Kier molecular flexibility index (Phi) is 9.99. The van der Waals surface area contributed by atoms with Gasteiger partial charge in [-0.15, -0.1) is 24.8 Å². The van der Waals surface area contributed by atoms with E-state index in [1.807, 2.05) is 6.07 Å². The largest absolute Gasteiger partial charge is 0.496 e. The molecule has 7 heteroatoms. The van der Waals surface area contributed by atoms with Crippen molar-refractivity contribution < 1.29 is 9.47 Å². The molecule has 0 bridgehead atoms. The summed E-state index contributed by atoms with van der Waals surface area (Å²) in [5, 5.41) is 3.43. The average molecular weight is 444 g/mol. The van der Waals surface area contributed by atoms with Crippen molar-refractivity contribution in [3.05, 3.63) is 22.2 Å². The van der Waals surface area contributed by atoms with Gasteiger partial charge in [-0.2, -0.15) is 0 Å². The Morgan fingerprint density at radius 2 is 1.58 bits per heavy atom. The number of benzene rings is 1. The van der Waals surface area contributed by atoms with Gasteiger partial charge in [-0.25, -0.2) is 0 Å². The Labute approximate surface area is 166 Å². The van der Waals surface area contributed by atoms with Gasteiger partial charge in [0.1, 0.15) is 11.5 Å². The van der Waals surface area contributed by atoms with Crippen molar-refractivity contribution in [3.8, 4) is 11.5 Å². The predicted octanol–water partition coefficient (Wildman–Crippen LogP) is 4.30. The van der Waals surface area contributed by atoms with Gasteiger partial charge in [0.05, 0.1) is 18.7 Å². The fourth-order valence-corrected chi connectivity index (χ4v) is 3.73. The highest BCUT2D eigenvalue weighted by Crippen LogP contribution is 2.45. The molecule has 24 heavy (non-hydrogen) atoms. The molecule has 0 spiro atoms. The van der Waals surface area contributed by atoms with Crippen LogP contribution >= 0.6 is 40.7 Å². The lowest BCUT2D eigenvalue weighted by atomic mass is 9.80. The Hall–Kier alpha value is -0.200. The second-order valence-electron chi connectivity index (χ2n) is 6.78. The van der Waals surface area contributed by atoms with Gasteiger partial charge in [-0.05, 0) is 33.5 Å². The number of hydrogen-bond acceptors (Lipinski definition) is 4. The number of hydrogen-bond donors (Lipinski definition) is 1. The summed E-state index contributed by atoms with van der Waals surface area (Å²) in [6.07, 6.45) is 0.